The molecule has 0 spiro atoms. The molecule has 66 valence electrons. The zero-order valence-electron chi connectivity index (χ0n) is 7.77. The van der Waals surface area contributed by atoms with E-state index in [-0.39, 0.29) is 5.60 Å². The smallest absolute Gasteiger partial charge is 0.0673 e. The summed E-state index contributed by atoms with van der Waals surface area (Å²) in [5, 5.41) is 10.1. The molecule has 1 atom stereocenters. The maximum absolute atomic E-state index is 10.1. The predicted octanol–water partition coefficient (Wildman–Crippen LogP) is 2.73. The largest absolute Gasteiger partial charge is 0.390 e. The van der Waals surface area contributed by atoms with Crippen LogP contribution in [0.1, 0.15) is 52.4 Å². The summed E-state index contributed by atoms with van der Waals surface area (Å²) in [5.74, 6) is 0.489. The molecule has 11 heavy (non-hydrogen) atoms. The van der Waals surface area contributed by atoms with E-state index >= 15 is 0 Å². The van der Waals surface area contributed by atoms with Gasteiger partial charge >= 0.3 is 0 Å². The van der Waals surface area contributed by atoms with Crippen molar-refractivity contribution in [3.05, 3.63) is 0 Å². The molecule has 1 aliphatic rings. The molecule has 1 N–H and O–H groups in total. The van der Waals surface area contributed by atoms with Gasteiger partial charge in [0.2, 0.25) is 0 Å². The molecule has 0 aromatic heterocycles. The molecule has 0 saturated heterocycles. The zero-order valence-corrected chi connectivity index (χ0v) is 7.77. The monoisotopic (exact) mass is 156 g/mol. The standard InChI is InChI=1S/C10H20O/c1-3-9(2)10(11)7-5-4-6-8-10/h9,11H,3-8H2,1-2H3. The quantitative estimate of drug-likeness (QED) is 0.651. The molecular formula is C10H20O. The van der Waals surface area contributed by atoms with E-state index in [1.807, 2.05) is 0 Å². The molecule has 1 heteroatoms. The van der Waals surface area contributed by atoms with Crippen LogP contribution in [0.4, 0.5) is 0 Å². The van der Waals surface area contributed by atoms with Crippen LogP contribution in [0.25, 0.3) is 0 Å². The van der Waals surface area contributed by atoms with Gasteiger partial charge in [0.25, 0.3) is 0 Å². The van der Waals surface area contributed by atoms with E-state index in [0.29, 0.717) is 5.92 Å². The summed E-state index contributed by atoms with van der Waals surface area (Å²) in [6.45, 7) is 4.34. The van der Waals surface area contributed by atoms with Gasteiger partial charge in [-0.3, -0.25) is 0 Å². The van der Waals surface area contributed by atoms with Crippen LogP contribution in [0.2, 0.25) is 0 Å². The Kier molecular flexibility index (Phi) is 2.94. The average Bonchev–Trinajstić information content (AvgIpc) is 2.04. The summed E-state index contributed by atoms with van der Waals surface area (Å²) in [6, 6.07) is 0. The highest BCUT2D eigenvalue weighted by Crippen LogP contribution is 2.35. The molecule has 0 bridgehead atoms. The van der Waals surface area contributed by atoms with Gasteiger partial charge in [-0.05, 0) is 18.8 Å². The third-order valence-electron chi connectivity index (χ3n) is 3.25. The fourth-order valence-electron chi connectivity index (χ4n) is 2.04. The molecule has 0 amide bonds. The lowest BCUT2D eigenvalue weighted by Gasteiger charge is -2.37. The fourth-order valence-corrected chi connectivity index (χ4v) is 2.04. The summed E-state index contributed by atoms with van der Waals surface area (Å²) in [4.78, 5) is 0. The van der Waals surface area contributed by atoms with Gasteiger partial charge in [-0.25, -0.2) is 0 Å². The lowest BCUT2D eigenvalue weighted by atomic mass is 9.75. The van der Waals surface area contributed by atoms with Crippen LogP contribution >= 0.6 is 0 Å². The van der Waals surface area contributed by atoms with Crippen molar-refractivity contribution in [3.8, 4) is 0 Å². The lowest BCUT2D eigenvalue weighted by Crippen LogP contribution is -2.38. The van der Waals surface area contributed by atoms with E-state index in [9.17, 15) is 5.11 Å². The highest BCUT2D eigenvalue weighted by atomic mass is 16.3. The average molecular weight is 156 g/mol. The number of hydrogen-bond acceptors (Lipinski definition) is 1. The highest BCUT2D eigenvalue weighted by Gasteiger charge is 2.33. The highest BCUT2D eigenvalue weighted by molar-refractivity contribution is 4.86. The Bertz CT molecular complexity index is 114. The van der Waals surface area contributed by atoms with Gasteiger partial charge in [0.15, 0.2) is 0 Å². The Balaban J connectivity index is 2.49. The van der Waals surface area contributed by atoms with Crippen LogP contribution in [-0.4, -0.2) is 10.7 Å². The Labute approximate surface area is 69.8 Å². The first-order valence-corrected chi connectivity index (χ1v) is 4.91. The van der Waals surface area contributed by atoms with Crippen molar-refractivity contribution in [1.82, 2.24) is 0 Å². The topological polar surface area (TPSA) is 20.2 Å². The summed E-state index contributed by atoms with van der Waals surface area (Å²) >= 11 is 0. The van der Waals surface area contributed by atoms with Crippen molar-refractivity contribution in [2.75, 3.05) is 0 Å². The molecule has 1 unspecified atom stereocenters. The molecule has 1 aliphatic carbocycles. The number of aliphatic hydroxyl groups is 1. The van der Waals surface area contributed by atoms with E-state index in [2.05, 4.69) is 13.8 Å². The molecule has 0 radical (unpaired) electrons. The molecule has 0 aromatic rings. The van der Waals surface area contributed by atoms with Crippen molar-refractivity contribution in [2.45, 2.75) is 58.0 Å². The minimum Gasteiger partial charge on any atom is -0.390 e. The van der Waals surface area contributed by atoms with Gasteiger partial charge < -0.3 is 5.11 Å². The molecule has 0 aromatic carbocycles. The fraction of sp³-hybridized carbons (Fsp3) is 1.00. The van der Waals surface area contributed by atoms with E-state index in [0.717, 1.165) is 19.3 Å². The second kappa shape index (κ2) is 3.57. The SMILES string of the molecule is CCC(C)C1(O)CCCCC1. The van der Waals surface area contributed by atoms with Crippen LogP contribution in [0.3, 0.4) is 0 Å². The van der Waals surface area contributed by atoms with Crippen molar-refractivity contribution in [1.29, 1.82) is 0 Å². The number of hydrogen-bond donors (Lipinski definition) is 1. The minimum atomic E-state index is -0.312. The molecule has 0 aliphatic heterocycles. The van der Waals surface area contributed by atoms with Crippen LogP contribution in [0.5, 0.6) is 0 Å². The van der Waals surface area contributed by atoms with E-state index < -0.39 is 0 Å². The van der Waals surface area contributed by atoms with Gasteiger partial charge in [-0.2, -0.15) is 0 Å². The lowest BCUT2D eigenvalue weighted by molar-refractivity contribution is -0.0441. The Morgan fingerprint density at radius 3 is 2.27 bits per heavy atom. The first kappa shape index (κ1) is 9.05. The van der Waals surface area contributed by atoms with Crippen LogP contribution < -0.4 is 0 Å². The normalized spacial score (nSPS) is 26.5. The third-order valence-corrected chi connectivity index (χ3v) is 3.25. The van der Waals surface area contributed by atoms with Crippen LogP contribution in [0, 0.1) is 5.92 Å². The molecule has 1 rings (SSSR count). The van der Waals surface area contributed by atoms with Crippen molar-refractivity contribution < 1.29 is 5.11 Å². The van der Waals surface area contributed by atoms with Crippen molar-refractivity contribution in [2.24, 2.45) is 5.92 Å². The van der Waals surface area contributed by atoms with Gasteiger partial charge in [0, 0.05) is 0 Å². The van der Waals surface area contributed by atoms with Crippen LogP contribution in [0.15, 0.2) is 0 Å². The summed E-state index contributed by atoms with van der Waals surface area (Å²) < 4.78 is 0. The molecular weight excluding hydrogens is 136 g/mol. The summed E-state index contributed by atoms with van der Waals surface area (Å²) in [7, 11) is 0. The second-order valence-corrected chi connectivity index (χ2v) is 3.97. The molecule has 1 saturated carbocycles. The first-order chi connectivity index (χ1) is 5.19. The summed E-state index contributed by atoms with van der Waals surface area (Å²) in [6.07, 6.45) is 6.93. The maximum Gasteiger partial charge on any atom is 0.0673 e. The Morgan fingerprint density at radius 1 is 1.27 bits per heavy atom. The molecule has 1 nitrogen and oxygen atoms in total. The van der Waals surface area contributed by atoms with E-state index in [1.54, 1.807) is 0 Å². The van der Waals surface area contributed by atoms with Gasteiger partial charge in [-0.1, -0.05) is 39.5 Å². The maximum atomic E-state index is 10.1. The number of rotatable bonds is 2. The Hall–Kier alpha value is -0.0400. The second-order valence-electron chi connectivity index (χ2n) is 3.97. The van der Waals surface area contributed by atoms with Crippen molar-refractivity contribution >= 4 is 0 Å². The predicted molar refractivity (Wildman–Crippen MR) is 47.5 cm³/mol. The van der Waals surface area contributed by atoms with Gasteiger partial charge in [0.05, 0.1) is 5.60 Å². The zero-order chi connectivity index (χ0) is 8.32. The van der Waals surface area contributed by atoms with E-state index in [4.69, 9.17) is 0 Å². The van der Waals surface area contributed by atoms with Gasteiger partial charge in [0.1, 0.15) is 0 Å². The van der Waals surface area contributed by atoms with Crippen molar-refractivity contribution in [3.63, 3.8) is 0 Å². The third kappa shape index (κ3) is 1.96. The first-order valence-electron chi connectivity index (χ1n) is 4.91. The Morgan fingerprint density at radius 2 is 1.82 bits per heavy atom. The van der Waals surface area contributed by atoms with Crippen LogP contribution in [-0.2, 0) is 0 Å². The van der Waals surface area contributed by atoms with Gasteiger partial charge in [-0.15, -0.1) is 0 Å². The summed E-state index contributed by atoms with van der Waals surface area (Å²) in [5.41, 5.74) is -0.312. The molecule has 1 fully saturated rings. The minimum absolute atomic E-state index is 0.312. The van der Waals surface area contributed by atoms with E-state index in [1.165, 1.54) is 19.3 Å². The molecule has 0 heterocycles.